The second-order valence-electron chi connectivity index (χ2n) is 7.13. The molecule has 0 radical (unpaired) electrons. The monoisotopic (exact) mass is 518 g/mol. The molecular weight excluding hydrogens is 506 g/mol. The molecule has 1 saturated heterocycles. The number of carbonyl (C=O) groups excluding carboxylic acids is 3. The van der Waals surface area contributed by atoms with Crippen molar-refractivity contribution in [3.63, 3.8) is 0 Å². The van der Waals surface area contributed by atoms with Crippen LogP contribution in [-0.4, -0.2) is 17.8 Å². The van der Waals surface area contributed by atoms with E-state index in [0.29, 0.717) is 16.1 Å². The number of nitrogens with zero attached hydrogens (tertiary/aromatic N) is 1. The Bertz CT molecular complexity index is 1320. The average molecular weight is 520 g/mol. The number of benzene rings is 3. The minimum Gasteiger partial charge on any atom is -0.486 e. The molecule has 0 aliphatic carbocycles. The van der Waals surface area contributed by atoms with Gasteiger partial charge in [-0.1, -0.05) is 53.0 Å². The molecule has 0 aromatic heterocycles. The van der Waals surface area contributed by atoms with Gasteiger partial charge in [-0.25, -0.2) is 14.1 Å². The Morgan fingerprint density at radius 3 is 2.24 bits per heavy atom. The number of barbiturate groups is 1. The second-order valence-corrected chi connectivity index (χ2v) is 8.38. The van der Waals surface area contributed by atoms with E-state index in [4.69, 9.17) is 39.5 Å². The minimum absolute atomic E-state index is 0.0880. The summed E-state index contributed by atoms with van der Waals surface area (Å²) in [5.74, 6) is -2.01. The Kier molecular flexibility index (Phi) is 6.88. The summed E-state index contributed by atoms with van der Waals surface area (Å²) in [6, 6.07) is 14.1. The first-order valence-corrected chi connectivity index (χ1v) is 10.9. The molecule has 1 heterocycles. The van der Waals surface area contributed by atoms with Gasteiger partial charge in [0.05, 0.1) is 15.7 Å². The largest absolute Gasteiger partial charge is 0.486 e. The topological polar surface area (TPSA) is 75.7 Å². The molecule has 172 valence electrons. The van der Waals surface area contributed by atoms with E-state index in [2.05, 4.69) is 5.32 Å². The number of hydrogen-bond donors (Lipinski definition) is 1. The van der Waals surface area contributed by atoms with Gasteiger partial charge < -0.3 is 4.74 Å². The maximum atomic E-state index is 13.8. The van der Waals surface area contributed by atoms with Crippen molar-refractivity contribution in [1.82, 2.24) is 5.32 Å². The lowest BCUT2D eigenvalue weighted by atomic mass is 10.1. The fourth-order valence-electron chi connectivity index (χ4n) is 3.21. The van der Waals surface area contributed by atoms with Crippen molar-refractivity contribution in [2.45, 2.75) is 6.61 Å². The van der Waals surface area contributed by atoms with E-state index in [-0.39, 0.29) is 33.7 Å². The lowest BCUT2D eigenvalue weighted by Gasteiger charge is -2.26. The Balaban J connectivity index is 1.61. The van der Waals surface area contributed by atoms with E-state index < -0.39 is 23.7 Å². The molecule has 4 amide bonds. The first-order chi connectivity index (χ1) is 16.2. The molecule has 34 heavy (non-hydrogen) atoms. The first-order valence-electron chi connectivity index (χ1n) is 9.77. The molecule has 10 heteroatoms. The number of amides is 4. The maximum absolute atomic E-state index is 13.8. The molecule has 0 spiro atoms. The minimum atomic E-state index is -0.887. The molecule has 0 atom stereocenters. The standard InChI is InChI=1S/C24H14Cl3FN2O4/c25-15-5-7-16(8-6-15)30-23(32)17(22(31)29-24(30)33)9-13-10-18(26)21(19(27)11-13)34-12-14-3-1-2-4-20(14)28/h1-11H,12H2,(H,29,31,33)/b17-9+. The van der Waals surface area contributed by atoms with Crippen LogP contribution in [-0.2, 0) is 16.2 Å². The highest BCUT2D eigenvalue weighted by molar-refractivity contribution is 6.40. The summed E-state index contributed by atoms with van der Waals surface area (Å²) in [6.07, 6.45) is 1.26. The van der Waals surface area contributed by atoms with Crippen LogP contribution in [0.1, 0.15) is 11.1 Å². The molecule has 0 bridgehead atoms. The highest BCUT2D eigenvalue weighted by atomic mass is 35.5. The smallest absolute Gasteiger partial charge is 0.335 e. The summed E-state index contributed by atoms with van der Waals surface area (Å²) in [4.78, 5) is 38.5. The number of carbonyl (C=O) groups is 3. The zero-order valence-electron chi connectivity index (χ0n) is 17.2. The van der Waals surface area contributed by atoms with Crippen LogP contribution in [0.3, 0.4) is 0 Å². The zero-order chi connectivity index (χ0) is 24.4. The van der Waals surface area contributed by atoms with Crippen molar-refractivity contribution in [2.75, 3.05) is 4.90 Å². The normalized spacial score (nSPS) is 15.0. The summed E-state index contributed by atoms with van der Waals surface area (Å²) >= 11 is 18.5. The van der Waals surface area contributed by atoms with E-state index in [1.165, 1.54) is 48.5 Å². The lowest BCUT2D eigenvalue weighted by Crippen LogP contribution is -2.54. The predicted octanol–water partition coefficient (Wildman–Crippen LogP) is 6.03. The third-order valence-corrected chi connectivity index (χ3v) is 5.66. The van der Waals surface area contributed by atoms with Gasteiger partial charge in [0, 0.05) is 10.6 Å². The van der Waals surface area contributed by atoms with Crippen LogP contribution in [0.25, 0.3) is 6.08 Å². The average Bonchev–Trinajstić information content (AvgIpc) is 2.78. The Morgan fingerprint density at radius 2 is 1.59 bits per heavy atom. The number of imide groups is 2. The molecule has 0 unspecified atom stereocenters. The lowest BCUT2D eigenvalue weighted by molar-refractivity contribution is -0.122. The van der Waals surface area contributed by atoms with Gasteiger partial charge in [0.1, 0.15) is 18.0 Å². The highest BCUT2D eigenvalue weighted by Crippen LogP contribution is 2.36. The second kappa shape index (κ2) is 9.85. The number of ether oxygens (including phenoxy) is 1. The highest BCUT2D eigenvalue weighted by Gasteiger charge is 2.36. The fourth-order valence-corrected chi connectivity index (χ4v) is 3.95. The first kappa shape index (κ1) is 23.8. The van der Waals surface area contributed by atoms with Gasteiger partial charge in [-0.05, 0) is 54.1 Å². The quantitative estimate of drug-likeness (QED) is 0.330. The maximum Gasteiger partial charge on any atom is 0.335 e. The van der Waals surface area contributed by atoms with Crippen LogP contribution >= 0.6 is 34.8 Å². The van der Waals surface area contributed by atoms with Gasteiger partial charge in [0.2, 0.25) is 0 Å². The van der Waals surface area contributed by atoms with Gasteiger partial charge in [-0.15, -0.1) is 0 Å². The number of hydrogen-bond acceptors (Lipinski definition) is 4. The van der Waals surface area contributed by atoms with Crippen LogP contribution in [0.2, 0.25) is 15.1 Å². The van der Waals surface area contributed by atoms with Crippen LogP contribution in [0.15, 0.2) is 66.2 Å². The molecule has 1 aliphatic rings. The summed E-state index contributed by atoms with van der Waals surface area (Å²) in [5, 5.41) is 2.72. The SMILES string of the molecule is O=C1NC(=O)N(c2ccc(Cl)cc2)C(=O)/C1=C/c1cc(Cl)c(OCc2ccccc2F)c(Cl)c1. The van der Waals surface area contributed by atoms with Gasteiger partial charge in [-0.2, -0.15) is 0 Å². The molecule has 1 N–H and O–H groups in total. The van der Waals surface area contributed by atoms with E-state index in [1.54, 1.807) is 18.2 Å². The number of rotatable bonds is 5. The van der Waals surface area contributed by atoms with Gasteiger partial charge in [-0.3, -0.25) is 14.9 Å². The number of halogens is 4. The molecule has 1 fully saturated rings. The molecule has 3 aromatic carbocycles. The molecule has 0 saturated carbocycles. The predicted molar refractivity (Wildman–Crippen MR) is 128 cm³/mol. The summed E-state index contributed by atoms with van der Waals surface area (Å²) in [5.41, 5.74) is 0.564. The number of nitrogens with one attached hydrogen (secondary N) is 1. The molecular formula is C24H14Cl3FN2O4. The van der Waals surface area contributed by atoms with Crippen molar-refractivity contribution in [1.29, 1.82) is 0 Å². The summed E-state index contributed by atoms with van der Waals surface area (Å²) < 4.78 is 19.4. The van der Waals surface area contributed by atoms with E-state index in [9.17, 15) is 18.8 Å². The third-order valence-electron chi connectivity index (χ3n) is 4.85. The summed E-state index contributed by atoms with van der Waals surface area (Å²) in [7, 11) is 0. The van der Waals surface area contributed by atoms with E-state index in [0.717, 1.165) is 4.90 Å². The molecule has 1 aliphatic heterocycles. The van der Waals surface area contributed by atoms with Gasteiger partial charge >= 0.3 is 6.03 Å². The van der Waals surface area contributed by atoms with E-state index in [1.807, 2.05) is 0 Å². The van der Waals surface area contributed by atoms with Crippen LogP contribution < -0.4 is 15.0 Å². The summed E-state index contributed by atoms with van der Waals surface area (Å²) in [6.45, 7) is -0.106. The molecule has 6 nitrogen and oxygen atoms in total. The van der Waals surface area contributed by atoms with Crippen molar-refractivity contribution in [3.8, 4) is 5.75 Å². The van der Waals surface area contributed by atoms with Crippen molar-refractivity contribution in [2.24, 2.45) is 0 Å². The zero-order valence-corrected chi connectivity index (χ0v) is 19.4. The third kappa shape index (κ3) is 4.92. The van der Waals surface area contributed by atoms with E-state index >= 15 is 0 Å². The molecule has 4 rings (SSSR count). The number of urea groups is 1. The Morgan fingerprint density at radius 1 is 0.941 bits per heavy atom. The molecule has 3 aromatic rings. The van der Waals surface area contributed by atoms with Gasteiger partial charge in [0.25, 0.3) is 11.8 Å². The van der Waals surface area contributed by atoms with Crippen LogP contribution in [0.4, 0.5) is 14.9 Å². The van der Waals surface area contributed by atoms with Crippen LogP contribution in [0.5, 0.6) is 5.75 Å². The van der Waals surface area contributed by atoms with Crippen molar-refractivity contribution >= 4 is 64.4 Å². The van der Waals surface area contributed by atoms with Gasteiger partial charge in [0.15, 0.2) is 5.75 Å². The van der Waals surface area contributed by atoms with Crippen molar-refractivity contribution in [3.05, 3.63) is 98.2 Å². The Hall–Kier alpha value is -3.39. The Labute approximate surface area is 208 Å². The fraction of sp³-hybridized carbons (Fsp3) is 0.0417. The van der Waals surface area contributed by atoms with Crippen LogP contribution in [0, 0.1) is 5.82 Å². The van der Waals surface area contributed by atoms with Crippen molar-refractivity contribution < 1.29 is 23.5 Å². The number of anilines is 1.